The van der Waals surface area contributed by atoms with Gasteiger partial charge in [-0.15, -0.1) is 11.3 Å². The van der Waals surface area contributed by atoms with Gasteiger partial charge in [0, 0.05) is 10.9 Å². The van der Waals surface area contributed by atoms with Crippen LogP contribution in [-0.2, 0) is 0 Å². The molecule has 24 heavy (non-hydrogen) atoms. The van der Waals surface area contributed by atoms with Crippen molar-refractivity contribution in [1.82, 2.24) is 14.5 Å². The summed E-state index contributed by atoms with van der Waals surface area (Å²) in [4.78, 5) is 32.2. The van der Waals surface area contributed by atoms with Crippen LogP contribution in [0.1, 0.15) is 5.56 Å². The number of aromatic amines is 1. The molecule has 4 aromatic rings. The molecule has 0 atom stereocenters. The maximum absolute atomic E-state index is 12.6. The Morgan fingerprint density at radius 2 is 1.79 bits per heavy atom. The van der Waals surface area contributed by atoms with Gasteiger partial charge >= 0.3 is 5.69 Å². The zero-order valence-corrected chi connectivity index (χ0v) is 13.6. The molecule has 118 valence electrons. The second-order valence-electron chi connectivity index (χ2n) is 5.50. The molecular weight excluding hydrogens is 322 g/mol. The van der Waals surface area contributed by atoms with Crippen molar-refractivity contribution in [1.29, 1.82) is 0 Å². The van der Waals surface area contributed by atoms with Gasteiger partial charge in [0.25, 0.3) is 5.56 Å². The molecule has 0 saturated heterocycles. The summed E-state index contributed by atoms with van der Waals surface area (Å²) >= 11 is 1.27. The third-order valence-corrected chi connectivity index (χ3v) is 4.66. The quantitative estimate of drug-likeness (QED) is 0.612. The Labute approximate surface area is 140 Å². The predicted molar refractivity (Wildman–Crippen MR) is 96.0 cm³/mol. The number of aryl methyl sites for hydroxylation is 1. The number of nitrogens with zero attached hydrogens (tertiary/aromatic N) is 2. The van der Waals surface area contributed by atoms with E-state index in [0.29, 0.717) is 16.0 Å². The van der Waals surface area contributed by atoms with Crippen LogP contribution >= 0.6 is 11.3 Å². The maximum atomic E-state index is 12.6. The Morgan fingerprint density at radius 1 is 1.04 bits per heavy atom. The van der Waals surface area contributed by atoms with E-state index >= 15 is 0 Å². The van der Waals surface area contributed by atoms with Crippen molar-refractivity contribution in [3.8, 4) is 16.4 Å². The molecule has 0 radical (unpaired) electrons. The smallest absolute Gasteiger partial charge is 0.306 e. The van der Waals surface area contributed by atoms with E-state index in [0.717, 1.165) is 21.4 Å². The van der Waals surface area contributed by atoms with E-state index in [1.165, 1.54) is 11.3 Å². The lowest BCUT2D eigenvalue weighted by atomic mass is 10.1. The highest BCUT2D eigenvalue weighted by Crippen LogP contribution is 2.23. The van der Waals surface area contributed by atoms with Crippen molar-refractivity contribution in [2.75, 3.05) is 0 Å². The highest BCUT2D eigenvalue weighted by Gasteiger charge is 2.13. The standard InChI is InChI=1S/C18H13N3O2S/c1-11-6-8-12(9-7-11)15-10-24-18(20-15)21-16(22)13-4-2-3-5-14(13)19-17(21)23/h2-10H,1H3,(H,19,23). The predicted octanol–water partition coefficient (Wildman–Crippen LogP) is 3.11. The number of para-hydroxylation sites is 1. The minimum absolute atomic E-state index is 0.362. The summed E-state index contributed by atoms with van der Waals surface area (Å²) in [6.07, 6.45) is 0. The lowest BCUT2D eigenvalue weighted by Crippen LogP contribution is -2.33. The number of hydrogen-bond acceptors (Lipinski definition) is 4. The number of thiazole rings is 1. The maximum Gasteiger partial charge on any atom is 0.335 e. The van der Waals surface area contributed by atoms with Gasteiger partial charge in [0.05, 0.1) is 16.6 Å². The van der Waals surface area contributed by atoms with Crippen LogP contribution < -0.4 is 11.2 Å². The fourth-order valence-corrected chi connectivity index (χ4v) is 3.39. The first-order valence-electron chi connectivity index (χ1n) is 7.40. The van der Waals surface area contributed by atoms with Crippen LogP contribution in [0.4, 0.5) is 0 Å². The van der Waals surface area contributed by atoms with Crippen molar-refractivity contribution in [2.45, 2.75) is 6.92 Å². The Hall–Kier alpha value is -2.99. The molecule has 0 amide bonds. The number of hydrogen-bond donors (Lipinski definition) is 1. The van der Waals surface area contributed by atoms with Crippen molar-refractivity contribution >= 4 is 22.2 Å². The molecule has 4 rings (SSSR count). The zero-order valence-electron chi connectivity index (χ0n) is 12.8. The van der Waals surface area contributed by atoms with E-state index in [4.69, 9.17) is 0 Å². The molecule has 0 saturated carbocycles. The van der Waals surface area contributed by atoms with Crippen molar-refractivity contribution in [3.63, 3.8) is 0 Å². The Bertz CT molecular complexity index is 1150. The SMILES string of the molecule is Cc1ccc(-c2csc(-n3c(=O)[nH]c4ccccc4c3=O)n2)cc1. The molecule has 1 N–H and O–H groups in total. The van der Waals surface area contributed by atoms with Gasteiger partial charge in [0.1, 0.15) is 0 Å². The van der Waals surface area contributed by atoms with Crippen molar-refractivity contribution in [2.24, 2.45) is 0 Å². The summed E-state index contributed by atoms with van der Waals surface area (Å²) in [5.41, 5.74) is 2.54. The fraction of sp³-hybridized carbons (Fsp3) is 0.0556. The van der Waals surface area contributed by atoms with Gasteiger partial charge in [-0.25, -0.2) is 14.3 Å². The van der Waals surface area contributed by atoms with E-state index in [1.807, 2.05) is 36.6 Å². The van der Waals surface area contributed by atoms with Gasteiger partial charge < -0.3 is 4.98 Å². The van der Waals surface area contributed by atoms with Gasteiger partial charge in [0.2, 0.25) is 5.13 Å². The van der Waals surface area contributed by atoms with E-state index < -0.39 is 5.69 Å². The van der Waals surface area contributed by atoms with Gasteiger partial charge in [-0.3, -0.25) is 4.79 Å². The van der Waals surface area contributed by atoms with Gasteiger partial charge in [0.15, 0.2) is 0 Å². The molecule has 0 aliphatic rings. The van der Waals surface area contributed by atoms with Crippen LogP contribution in [-0.4, -0.2) is 14.5 Å². The van der Waals surface area contributed by atoms with Gasteiger partial charge in [-0.1, -0.05) is 42.0 Å². The monoisotopic (exact) mass is 335 g/mol. The van der Waals surface area contributed by atoms with Crippen LogP contribution in [0.25, 0.3) is 27.3 Å². The average Bonchev–Trinajstić information content (AvgIpc) is 3.05. The average molecular weight is 335 g/mol. The molecule has 0 aliphatic heterocycles. The minimum Gasteiger partial charge on any atom is -0.306 e. The molecule has 2 heterocycles. The first kappa shape index (κ1) is 14.6. The van der Waals surface area contributed by atoms with Crippen molar-refractivity contribution < 1.29 is 0 Å². The molecule has 0 bridgehead atoms. The van der Waals surface area contributed by atoms with E-state index in [9.17, 15) is 9.59 Å². The van der Waals surface area contributed by atoms with Crippen LogP contribution in [0.3, 0.4) is 0 Å². The number of rotatable bonds is 2. The van der Waals surface area contributed by atoms with Crippen LogP contribution in [0, 0.1) is 6.92 Å². The van der Waals surface area contributed by atoms with Crippen LogP contribution in [0.2, 0.25) is 0 Å². The van der Waals surface area contributed by atoms with E-state index in [2.05, 4.69) is 9.97 Å². The minimum atomic E-state index is -0.483. The summed E-state index contributed by atoms with van der Waals surface area (Å²) < 4.78 is 1.09. The van der Waals surface area contributed by atoms with Crippen molar-refractivity contribution in [3.05, 3.63) is 80.3 Å². The number of fused-ring (bicyclic) bond motifs is 1. The normalized spacial score (nSPS) is 11.0. The summed E-state index contributed by atoms with van der Waals surface area (Å²) in [6, 6.07) is 14.9. The Balaban J connectivity index is 1.89. The number of H-pyrrole nitrogens is 1. The third-order valence-electron chi connectivity index (χ3n) is 3.84. The lowest BCUT2D eigenvalue weighted by Gasteiger charge is -2.02. The first-order chi connectivity index (χ1) is 11.6. The lowest BCUT2D eigenvalue weighted by molar-refractivity contribution is 0.891. The Morgan fingerprint density at radius 3 is 2.58 bits per heavy atom. The summed E-state index contributed by atoms with van der Waals surface area (Å²) in [7, 11) is 0. The molecule has 2 aromatic carbocycles. The highest BCUT2D eigenvalue weighted by atomic mass is 32.1. The summed E-state index contributed by atoms with van der Waals surface area (Å²) in [6.45, 7) is 2.02. The molecule has 0 fully saturated rings. The van der Waals surface area contributed by atoms with Crippen LogP contribution in [0.5, 0.6) is 0 Å². The second kappa shape index (κ2) is 5.58. The number of aromatic nitrogens is 3. The number of nitrogens with one attached hydrogen (secondary N) is 1. The largest absolute Gasteiger partial charge is 0.335 e. The molecule has 6 heteroatoms. The fourth-order valence-electron chi connectivity index (χ4n) is 2.56. The molecule has 0 spiro atoms. The second-order valence-corrected chi connectivity index (χ2v) is 6.33. The summed E-state index contributed by atoms with van der Waals surface area (Å²) in [5, 5.41) is 2.67. The van der Waals surface area contributed by atoms with Crippen LogP contribution in [0.15, 0.2) is 63.5 Å². The molecule has 2 aromatic heterocycles. The molecule has 0 unspecified atom stereocenters. The number of benzene rings is 2. The van der Waals surface area contributed by atoms with Gasteiger partial charge in [-0.2, -0.15) is 0 Å². The zero-order chi connectivity index (χ0) is 16.7. The van der Waals surface area contributed by atoms with E-state index in [1.54, 1.807) is 24.3 Å². The highest BCUT2D eigenvalue weighted by molar-refractivity contribution is 7.12. The van der Waals surface area contributed by atoms with E-state index in [-0.39, 0.29) is 5.56 Å². The molecule has 5 nitrogen and oxygen atoms in total. The third kappa shape index (κ3) is 2.37. The topological polar surface area (TPSA) is 67.8 Å². The van der Waals surface area contributed by atoms with Gasteiger partial charge in [-0.05, 0) is 19.1 Å². The molecule has 0 aliphatic carbocycles. The first-order valence-corrected chi connectivity index (χ1v) is 8.28. The summed E-state index contributed by atoms with van der Waals surface area (Å²) in [5.74, 6) is 0. The Kier molecular flexibility index (Phi) is 3.39. The molecular formula is C18H13N3O2S.